The molecule has 0 bridgehead atoms. The zero-order valence-corrected chi connectivity index (χ0v) is 35.2. The van der Waals surface area contributed by atoms with Crippen LogP contribution in [-0.4, -0.2) is 25.2 Å². The van der Waals surface area contributed by atoms with E-state index in [9.17, 15) is 9.59 Å². The number of nitrogens with zero attached hydrogens (tertiary/aromatic N) is 2. The van der Waals surface area contributed by atoms with Crippen LogP contribution in [0.1, 0.15) is 151 Å². The third-order valence-electron chi connectivity index (χ3n) is 8.51. The zero-order chi connectivity index (χ0) is 31.8. The molecule has 10 heteroatoms. The summed E-state index contributed by atoms with van der Waals surface area (Å²) in [6.45, 7) is 11.9. The molecule has 2 aromatic heterocycles. The molecule has 0 aromatic carbocycles. The smallest absolute Gasteiger partial charge is 0.305 e. The predicted octanol–water partition coefficient (Wildman–Crippen LogP) is 2.94. The van der Waals surface area contributed by atoms with Crippen LogP contribution >= 0.6 is 22.7 Å². The summed E-state index contributed by atoms with van der Waals surface area (Å²) in [4.78, 5) is 27.0. The number of hydrogen-bond donors (Lipinski definition) is 0. The summed E-state index contributed by atoms with van der Waals surface area (Å²) in [6, 6.07) is 0. The van der Waals surface area contributed by atoms with E-state index in [0.29, 0.717) is 26.1 Å². The number of rotatable bonds is 27. The van der Waals surface area contributed by atoms with Gasteiger partial charge in [-0.25, -0.2) is 0 Å². The first kappa shape index (κ1) is 45.7. The number of halogens is 2. The van der Waals surface area contributed by atoms with Crippen LogP contribution < -0.4 is 57.1 Å². The van der Waals surface area contributed by atoms with Crippen molar-refractivity contribution in [1.82, 2.24) is 0 Å². The third-order valence-corrected chi connectivity index (χ3v) is 10.8. The quantitative estimate of drug-likeness (QED) is 0.0600. The summed E-state index contributed by atoms with van der Waals surface area (Å²) >= 11 is 3.54. The Labute approximate surface area is 322 Å². The van der Waals surface area contributed by atoms with E-state index in [1.807, 2.05) is 0 Å². The Balaban J connectivity index is 0.0000101. The van der Waals surface area contributed by atoms with Gasteiger partial charge in [0.1, 0.15) is 13.1 Å². The van der Waals surface area contributed by atoms with Crippen molar-refractivity contribution in [2.24, 2.45) is 0 Å². The Morgan fingerprint density at radius 3 is 1.30 bits per heavy atom. The fourth-order valence-corrected chi connectivity index (χ4v) is 7.51. The number of thiazole rings is 2. The van der Waals surface area contributed by atoms with Crippen molar-refractivity contribution in [2.45, 2.75) is 169 Å². The van der Waals surface area contributed by atoms with Gasteiger partial charge >= 0.3 is 11.9 Å². The fourth-order valence-electron chi connectivity index (χ4n) is 5.50. The summed E-state index contributed by atoms with van der Waals surface area (Å²) in [6.07, 6.45) is 21.7. The van der Waals surface area contributed by atoms with E-state index >= 15 is 0 Å². The number of esters is 2. The highest BCUT2D eigenvalue weighted by Gasteiger charge is 2.17. The van der Waals surface area contributed by atoms with Gasteiger partial charge in [0.2, 0.25) is 11.0 Å². The van der Waals surface area contributed by atoms with E-state index in [1.165, 1.54) is 98.2 Å². The van der Waals surface area contributed by atoms with Gasteiger partial charge in [-0.15, -0.1) is 0 Å². The Morgan fingerprint density at radius 1 is 0.565 bits per heavy atom. The van der Waals surface area contributed by atoms with E-state index < -0.39 is 0 Å². The van der Waals surface area contributed by atoms with Gasteiger partial charge in [0, 0.05) is 52.4 Å². The van der Waals surface area contributed by atoms with Crippen LogP contribution in [-0.2, 0) is 45.0 Å². The first-order valence-electron chi connectivity index (χ1n) is 17.7. The van der Waals surface area contributed by atoms with E-state index in [2.05, 4.69) is 47.9 Å². The number of ether oxygens (including phenoxy) is 2. The molecule has 0 saturated carbocycles. The number of aryl methyl sites for hydroxylation is 2. The van der Waals surface area contributed by atoms with Gasteiger partial charge < -0.3 is 57.4 Å². The molecule has 2 heterocycles. The van der Waals surface area contributed by atoms with Gasteiger partial charge in [0.15, 0.2) is 11.4 Å². The monoisotopic (exact) mass is 904 g/mol. The lowest BCUT2D eigenvalue weighted by Crippen LogP contribution is -3.00. The molecule has 2 rings (SSSR count). The first-order chi connectivity index (χ1) is 21.5. The highest BCUT2D eigenvalue weighted by Crippen LogP contribution is 2.15. The molecule has 6 nitrogen and oxygen atoms in total. The number of hydrogen-bond acceptors (Lipinski definition) is 6. The molecular formula is C36H62I2N2O4S2. The number of carbonyl (C=O) groups excluding carboxylic acids is 2. The molecule has 0 fully saturated rings. The highest BCUT2D eigenvalue weighted by atomic mass is 127. The van der Waals surface area contributed by atoms with E-state index in [1.54, 1.807) is 22.7 Å². The molecule has 266 valence electrons. The molecular weight excluding hydrogens is 842 g/mol. The second kappa shape index (κ2) is 29.6. The standard InChI is InChI=1S/C36H62N2O4S2.2HI/c1-5-7-9-11-15-19-25-37-29-43-33(31(37)3)23-27-41-35(39)21-17-13-14-18-22-36(40)42-28-24-34-32(4)38(30-44-34)26-20-16-12-10-8-6-2;;/h29-30H,5-28H2,1-4H3;2*1H/q+2;;/p-2. The zero-order valence-electron chi connectivity index (χ0n) is 29.2. The van der Waals surface area contributed by atoms with Gasteiger partial charge in [-0.1, -0.05) is 101 Å². The van der Waals surface area contributed by atoms with Gasteiger partial charge in [0.05, 0.1) is 23.0 Å². The Morgan fingerprint density at radius 2 is 0.913 bits per heavy atom. The van der Waals surface area contributed by atoms with Gasteiger partial charge in [-0.3, -0.25) is 9.59 Å². The minimum absolute atomic E-state index is 0. The summed E-state index contributed by atoms with van der Waals surface area (Å²) in [5, 5.41) is 0. The Bertz CT molecular complexity index is 979. The van der Waals surface area contributed by atoms with Gasteiger partial charge in [0.25, 0.3) is 0 Å². The first-order valence-corrected chi connectivity index (χ1v) is 19.5. The Hall–Kier alpha value is -0.340. The molecule has 0 saturated heterocycles. The average Bonchev–Trinajstić information content (AvgIpc) is 3.55. The normalized spacial score (nSPS) is 10.8. The van der Waals surface area contributed by atoms with Crippen LogP contribution in [0.3, 0.4) is 0 Å². The molecule has 0 aliphatic heterocycles. The maximum absolute atomic E-state index is 12.2. The molecule has 0 unspecified atom stereocenters. The molecule has 0 amide bonds. The van der Waals surface area contributed by atoms with Crippen molar-refractivity contribution in [1.29, 1.82) is 0 Å². The number of aromatic nitrogens is 2. The minimum atomic E-state index is -0.115. The van der Waals surface area contributed by atoms with Crippen LogP contribution in [0.5, 0.6) is 0 Å². The fraction of sp³-hybridized carbons (Fsp3) is 0.778. The largest absolute Gasteiger partial charge is 1.00 e. The lowest BCUT2D eigenvalue weighted by Gasteiger charge is -2.05. The minimum Gasteiger partial charge on any atom is -1.00 e. The molecule has 0 aliphatic rings. The second-order valence-electron chi connectivity index (χ2n) is 12.2. The molecule has 0 atom stereocenters. The molecule has 2 aromatic rings. The van der Waals surface area contributed by atoms with Crippen molar-refractivity contribution < 1.29 is 76.2 Å². The second-order valence-corrected chi connectivity index (χ2v) is 14.1. The maximum atomic E-state index is 12.2. The highest BCUT2D eigenvalue weighted by molar-refractivity contribution is 7.09. The molecule has 0 aliphatic carbocycles. The van der Waals surface area contributed by atoms with Crippen LogP contribution in [0.4, 0.5) is 0 Å². The lowest BCUT2D eigenvalue weighted by molar-refractivity contribution is -0.698. The molecule has 0 radical (unpaired) electrons. The van der Waals surface area contributed by atoms with Crippen molar-refractivity contribution in [2.75, 3.05) is 13.2 Å². The van der Waals surface area contributed by atoms with Crippen molar-refractivity contribution >= 4 is 34.6 Å². The summed E-state index contributed by atoms with van der Waals surface area (Å²) < 4.78 is 15.7. The van der Waals surface area contributed by atoms with Crippen molar-refractivity contribution in [3.63, 3.8) is 0 Å². The van der Waals surface area contributed by atoms with Gasteiger partial charge in [-0.05, 0) is 25.7 Å². The van der Waals surface area contributed by atoms with Crippen molar-refractivity contribution in [3.8, 4) is 0 Å². The topological polar surface area (TPSA) is 60.4 Å². The average molecular weight is 905 g/mol. The van der Waals surface area contributed by atoms with Crippen LogP contribution in [0.25, 0.3) is 0 Å². The number of unbranched alkanes of at least 4 members (excludes halogenated alkanes) is 13. The van der Waals surface area contributed by atoms with E-state index in [0.717, 1.165) is 51.6 Å². The third kappa shape index (κ3) is 20.2. The van der Waals surface area contributed by atoms with E-state index in [-0.39, 0.29) is 59.9 Å². The summed E-state index contributed by atoms with van der Waals surface area (Å²) in [5.74, 6) is -0.230. The summed E-state index contributed by atoms with van der Waals surface area (Å²) in [7, 11) is 0. The van der Waals surface area contributed by atoms with Crippen molar-refractivity contribution in [3.05, 3.63) is 32.2 Å². The summed E-state index contributed by atoms with van der Waals surface area (Å²) in [5.41, 5.74) is 7.05. The maximum Gasteiger partial charge on any atom is 0.305 e. The lowest BCUT2D eigenvalue weighted by atomic mass is 10.1. The number of carbonyl (C=O) groups is 2. The predicted molar refractivity (Wildman–Crippen MR) is 182 cm³/mol. The molecule has 0 spiro atoms. The van der Waals surface area contributed by atoms with Crippen LogP contribution in [0.2, 0.25) is 0 Å². The van der Waals surface area contributed by atoms with Crippen LogP contribution in [0.15, 0.2) is 11.0 Å². The van der Waals surface area contributed by atoms with Gasteiger partial charge in [-0.2, -0.15) is 9.13 Å². The molecule has 0 N–H and O–H groups in total. The van der Waals surface area contributed by atoms with E-state index in [4.69, 9.17) is 9.47 Å². The Kier molecular flexibility index (Phi) is 29.3. The molecule has 46 heavy (non-hydrogen) atoms. The van der Waals surface area contributed by atoms with Crippen LogP contribution in [0, 0.1) is 13.8 Å². The SMILES string of the molecule is CCCCCCCC[n+]1csc(CCOC(=O)CCCCCCC(=O)OCCc2sc[n+](CCCCCCCC)c2C)c1C.[I-].[I-].